The fourth-order valence-corrected chi connectivity index (χ4v) is 2.77. The van der Waals surface area contributed by atoms with Crippen LogP contribution >= 0.6 is 0 Å². The molecule has 0 unspecified atom stereocenters. The van der Waals surface area contributed by atoms with Crippen LogP contribution in [0.2, 0.25) is 0 Å². The number of ether oxygens (including phenoxy) is 1. The highest BCUT2D eigenvalue weighted by Gasteiger charge is 2.26. The quantitative estimate of drug-likeness (QED) is 0.445. The number of urea groups is 1. The van der Waals surface area contributed by atoms with Crippen molar-refractivity contribution in [2.75, 3.05) is 18.6 Å². The predicted molar refractivity (Wildman–Crippen MR) is 101 cm³/mol. The average Bonchev–Trinajstić information content (AvgIpc) is 3.46. The SMILES string of the molecule is O=C1CN(Cc2cnc(CNNc3cccc(OCC4CC4)c3)nc2)C(=O)N1. The number of carbonyl (C=O) groups excluding carboxylic acids is 2. The maximum Gasteiger partial charge on any atom is 0.324 e. The lowest BCUT2D eigenvalue weighted by molar-refractivity contribution is -0.118. The number of hydrazine groups is 1. The van der Waals surface area contributed by atoms with E-state index in [9.17, 15) is 9.59 Å². The first-order valence-electron chi connectivity index (χ1n) is 9.26. The van der Waals surface area contributed by atoms with Gasteiger partial charge in [0, 0.05) is 24.0 Å². The van der Waals surface area contributed by atoms with Gasteiger partial charge in [0.25, 0.3) is 0 Å². The highest BCUT2D eigenvalue weighted by Crippen LogP contribution is 2.29. The Kier molecular flexibility index (Phi) is 5.34. The molecule has 0 atom stereocenters. The van der Waals surface area contributed by atoms with Crippen LogP contribution in [-0.2, 0) is 17.9 Å². The predicted octanol–water partition coefficient (Wildman–Crippen LogP) is 1.43. The average molecular weight is 382 g/mol. The van der Waals surface area contributed by atoms with Crippen LogP contribution in [0.4, 0.5) is 10.5 Å². The molecule has 9 heteroatoms. The summed E-state index contributed by atoms with van der Waals surface area (Å²) in [5.41, 5.74) is 7.85. The summed E-state index contributed by atoms with van der Waals surface area (Å²) < 4.78 is 5.77. The summed E-state index contributed by atoms with van der Waals surface area (Å²) in [4.78, 5) is 32.8. The molecule has 2 heterocycles. The molecule has 3 N–H and O–H groups in total. The number of hydrogen-bond acceptors (Lipinski definition) is 7. The van der Waals surface area contributed by atoms with Crippen molar-refractivity contribution in [3.8, 4) is 5.75 Å². The van der Waals surface area contributed by atoms with E-state index in [0.717, 1.165) is 29.5 Å². The fraction of sp³-hybridized carbons (Fsp3) is 0.368. The molecule has 1 aliphatic carbocycles. The van der Waals surface area contributed by atoms with Gasteiger partial charge >= 0.3 is 6.03 Å². The smallest absolute Gasteiger partial charge is 0.324 e. The maximum absolute atomic E-state index is 11.6. The monoisotopic (exact) mass is 382 g/mol. The summed E-state index contributed by atoms with van der Waals surface area (Å²) in [7, 11) is 0. The van der Waals surface area contributed by atoms with E-state index in [-0.39, 0.29) is 18.5 Å². The van der Waals surface area contributed by atoms with Crippen molar-refractivity contribution in [1.82, 2.24) is 25.6 Å². The molecule has 1 saturated heterocycles. The second-order valence-electron chi connectivity index (χ2n) is 6.98. The molecule has 3 amide bonds. The molecule has 4 rings (SSSR count). The minimum atomic E-state index is -0.386. The maximum atomic E-state index is 11.6. The molecule has 2 fully saturated rings. The van der Waals surface area contributed by atoms with Crippen LogP contribution in [0.5, 0.6) is 5.75 Å². The molecule has 1 aliphatic heterocycles. The van der Waals surface area contributed by atoms with Gasteiger partial charge in [-0.2, -0.15) is 0 Å². The fourth-order valence-electron chi connectivity index (χ4n) is 2.77. The van der Waals surface area contributed by atoms with E-state index in [0.29, 0.717) is 18.9 Å². The summed E-state index contributed by atoms with van der Waals surface area (Å²) in [5.74, 6) is 1.89. The molecule has 1 aromatic heterocycles. The molecule has 0 bridgehead atoms. The van der Waals surface area contributed by atoms with Crippen LogP contribution in [-0.4, -0.2) is 40.0 Å². The first-order valence-corrected chi connectivity index (χ1v) is 9.26. The molecular formula is C19H22N6O3. The lowest BCUT2D eigenvalue weighted by atomic mass is 10.3. The molecule has 2 aliphatic rings. The van der Waals surface area contributed by atoms with Crippen molar-refractivity contribution < 1.29 is 14.3 Å². The number of amides is 3. The molecule has 28 heavy (non-hydrogen) atoms. The zero-order valence-corrected chi connectivity index (χ0v) is 15.4. The summed E-state index contributed by atoms with van der Waals surface area (Å²) in [6.07, 6.45) is 5.85. The number of rotatable bonds is 9. The summed E-state index contributed by atoms with van der Waals surface area (Å²) in [6, 6.07) is 7.40. The van der Waals surface area contributed by atoms with Gasteiger partial charge in [-0.05, 0) is 30.9 Å². The minimum Gasteiger partial charge on any atom is -0.493 e. The van der Waals surface area contributed by atoms with E-state index in [1.54, 1.807) is 12.4 Å². The largest absolute Gasteiger partial charge is 0.493 e. The number of aromatic nitrogens is 2. The van der Waals surface area contributed by atoms with Crippen molar-refractivity contribution >= 4 is 17.6 Å². The van der Waals surface area contributed by atoms with Gasteiger partial charge in [-0.15, -0.1) is 0 Å². The van der Waals surface area contributed by atoms with Gasteiger partial charge < -0.3 is 15.1 Å². The molecule has 1 aromatic carbocycles. The third-order valence-corrected chi connectivity index (χ3v) is 4.50. The molecule has 9 nitrogen and oxygen atoms in total. The number of benzene rings is 1. The first kappa shape index (κ1) is 18.2. The van der Waals surface area contributed by atoms with Gasteiger partial charge in [-0.25, -0.2) is 20.2 Å². The molecule has 0 radical (unpaired) electrons. The Morgan fingerprint density at radius 3 is 2.75 bits per heavy atom. The zero-order chi connectivity index (χ0) is 19.3. The molecular weight excluding hydrogens is 360 g/mol. The number of anilines is 1. The van der Waals surface area contributed by atoms with Gasteiger partial charge in [0.15, 0.2) is 0 Å². The van der Waals surface area contributed by atoms with Crippen molar-refractivity contribution in [3.05, 3.63) is 48.0 Å². The Labute approximate surface area is 162 Å². The van der Waals surface area contributed by atoms with E-state index in [1.807, 2.05) is 24.3 Å². The van der Waals surface area contributed by atoms with E-state index in [2.05, 4.69) is 26.1 Å². The third-order valence-electron chi connectivity index (χ3n) is 4.50. The highest BCUT2D eigenvalue weighted by atomic mass is 16.5. The van der Waals surface area contributed by atoms with Crippen LogP contribution in [0, 0.1) is 5.92 Å². The zero-order valence-electron chi connectivity index (χ0n) is 15.4. The van der Waals surface area contributed by atoms with Crippen LogP contribution in [0.3, 0.4) is 0 Å². The van der Waals surface area contributed by atoms with Gasteiger partial charge in [0.05, 0.1) is 25.4 Å². The standard InChI is InChI=1S/C19H22N6O3/c26-18-11-25(19(27)23-18)10-14-7-20-17(21-8-14)9-22-24-15-2-1-3-16(6-15)28-12-13-4-5-13/h1-3,6-8,13,22,24H,4-5,9-12H2,(H,23,26,27). The lowest BCUT2D eigenvalue weighted by Crippen LogP contribution is -2.28. The summed E-state index contributed by atoms with van der Waals surface area (Å²) in [6.45, 7) is 1.58. The topological polar surface area (TPSA) is 108 Å². The second-order valence-corrected chi connectivity index (χ2v) is 6.98. The first-order chi connectivity index (χ1) is 13.7. The number of carbonyl (C=O) groups is 2. The minimum absolute atomic E-state index is 0.0650. The van der Waals surface area contributed by atoms with Crippen molar-refractivity contribution in [1.29, 1.82) is 0 Å². The molecule has 146 valence electrons. The Balaban J connectivity index is 1.23. The Hall–Kier alpha value is -3.20. The number of imide groups is 1. The van der Waals surface area contributed by atoms with Crippen LogP contribution in [0.25, 0.3) is 0 Å². The summed E-state index contributed by atoms with van der Waals surface area (Å²) in [5, 5.41) is 2.24. The second kappa shape index (κ2) is 8.22. The number of nitrogens with one attached hydrogen (secondary N) is 3. The molecule has 2 aromatic rings. The Morgan fingerprint density at radius 2 is 2.04 bits per heavy atom. The number of hydrogen-bond donors (Lipinski definition) is 3. The van der Waals surface area contributed by atoms with Crippen LogP contribution < -0.4 is 20.9 Å². The summed E-state index contributed by atoms with van der Waals surface area (Å²) >= 11 is 0. The van der Waals surface area contributed by atoms with Gasteiger partial charge in [-0.1, -0.05) is 6.07 Å². The van der Waals surface area contributed by atoms with E-state index >= 15 is 0 Å². The Bertz CT molecular complexity index is 853. The van der Waals surface area contributed by atoms with E-state index < -0.39 is 0 Å². The normalized spacial score (nSPS) is 16.2. The highest BCUT2D eigenvalue weighted by molar-refractivity contribution is 6.01. The van der Waals surface area contributed by atoms with E-state index in [4.69, 9.17) is 4.74 Å². The Morgan fingerprint density at radius 1 is 1.21 bits per heavy atom. The van der Waals surface area contributed by atoms with Gasteiger partial charge in [0.1, 0.15) is 18.1 Å². The molecule has 1 saturated carbocycles. The molecule has 0 spiro atoms. The van der Waals surface area contributed by atoms with Crippen molar-refractivity contribution in [3.63, 3.8) is 0 Å². The van der Waals surface area contributed by atoms with Crippen molar-refractivity contribution in [2.24, 2.45) is 5.92 Å². The van der Waals surface area contributed by atoms with E-state index in [1.165, 1.54) is 17.7 Å². The van der Waals surface area contributed by atoms with Crippen LogP contribution in [0.15, 0.2) is 36.7 Å². The van der Waals surface area contributed by atoms with Gasteiger partial charge in [0.2, 0.25) is 5.91 Å². The third kappa shape index (κ3) is 4.95. The van der Waals surface area contributed by atoms with Crippen LogP contribution in [0.1, 0.15) is 24.2 Å². The van der Waals surface area contributed by atoms with Gasteiger partial charge in [-0.3, -0.25) is 10.1 Å². The number of nitrogens with zero attached hydrogens (tertiary/aromatic N) is 3. The lowest BCUT2D eigenvalue weighted by Gasteiger charge is -2.13. The van der Waals surface area contributed by atoms with Crippen molar-refractivity contribution in [2.45, 2.75) is 25.9 Å².